The number of rotatable bonds is 8. The maximum Gasteiger partial charge on any atom is 0.127 e. The normalized spacial score (nSPS) is 10.1. The van der Waals surface area contributed by atoms with Crippen LogP contribution in [-0.2, 0) is 9.47 Å². The Hall–Kier alpha value is -1.64. The number of methoxy groups -OCH3 is 1. The lowest BCUT2D eigenvalue weighted by atomic mass is 10.2. The van der Waals surface area contributed by atoms with Gasteiger partial charge in [-0.3, -0.25) is 0 Å². The van der Waals surface area contributed by atoms with Gasteiger partial charge >= 0.3 is 0 Å². The molecular weight excluding hydrogens is 230 g/mol. The Morgan fingerprint density at radius 2 is 2.17 bits per heavy atom. The van der Waals surface area contributed by atoms with Crippen molar-refractivity contribution in [3.05, 3.63) is 23.4 Å². The molecule has 0 aliphatic rings. The number of hydrogen-bond donors (Lipinski definition) is 1. The second-order valence-corrected chi connectivity index (χ2v) is 3.88. The first kappa shape index (κ1) is 14.4. The fraction of sp³-hybridized carbons (Fsp3) is 0.538. The van der Waals surface area contributed by atoms with E-state index in [4.69, 9.17) is 14.7 Å². The molecule has 1 aromatic rings. The van der Waals surface area contributed by atoms with Crippen LogP contribution in [-0.4, -0.2) is 38.5 Å². The zero-order chi connectivity index (χ0) is 13.2. The first-order valence-electron chi connectivity index (χ1n) is 5.95. The van der Waals surface area contributed by atoms with Gasteiger partial charge in [0.15, 0.2) is 0 Å². The molecule has 0 unspecified atom stereocenters. The molecule has 5 nitrogen and oxygen atoms in total. The lowest BCUT2D eigenvalue weighted by Crippen LogP contribution is -2.09. The highest BCUT2D eigenvalue weighted by Gasteiger charge is 1.99. The fourth-order valence-electron chi connectivity index (χ4n) is 1.46. The highest BCUT2D eigenvalue weighted by Crippen LogP contribution is 2.08. The van der Waals surface area contributed by atoms with Crippen LogP contribution in [0.5, 0.6) is 0 Å². The van der Waals surface area contributed by atoms with E-state index in [1.807, 2.05) is 6.92 Å². The maximum absolute atomic E-state index is 8.84. The predicted molar refractivity (Wildman–Crippen MR) is 69.5 cm³/mol. The highest BCUT2D eigenvalue weighted by atomic mass is 16.5. The SMILES string of the molecule is COCCOCCCNc1cc(C#N)cc(C)n1. The first-order valence-corrected chi connectivity index (χ1v) is 5.95. The van der Waals surface area contributed by atoms with Crippen molar-refractivity contribution in [2.75, 3.05) is 38.8 Å². The third kappa shape index (κ3) is 5.62. The van der Waals surface area contributed by atoms with E-state index in [9.17, 15) is 0 Å². The quantitative estimate of drug-likeness (QED) is 0.711. The number of anilines is 1. The van der Waals surface area contributed by atoms with Crippen molar-refractivity contribution in [2.24, 2.45) is 0 Å². The molecule has 5 heteroatoms. The van der Waals surface area contributed by atoms with E-state index in [0.29, 0.717) is 25.4 Å². The van der Waals surface area contributed by atoms with Crippen LogP contribution in [0.15, 0.2) is 12.1 Å². The molecule has 0 amide bonds. The fourth-order valence-corrected chi connectivity index (χ4v) is 1.46. The van der Waals surface area contributed by atoms with Gasteiger partial charge in [-0.05, 0) is 25.5 Å². The lowest BCUT2D eigenvalue weighted by molar-refractivity contribution is 0.0705. The van der Waals surface area contributed by atoms with E-state index in [1.165, 1.54) is 0 Å². The summed E-state index contributed by atoms with van der Waals surface area (Å²) in [5.41, 5.74) is 1.47. The molecular formula is C13H19N3O2. The summed E-state index contributed by atoms with van der Waals surface area (Å²) < 4.78 is 10.2. The number of hydrogen-bond acceptors (Lipinski definition) is 5. The molecule has 1 N–H and O–H groups in total. The van der Waals surface area contributed by atoms with Gasteiger partial charge in [0.2, 0.25) is 0 Å². The van der Waals surface area contributed by atoms with Crippen molar-refractivity contribution in [1.82, 2.24) is 4.98 Å². The third-order valence-electron chi connectivity index (χ3n) is 2.29. The molecule has 0 atom stereocenters. The smallest absolute Gasteiger partial charge is 0.127 e. The lowest BCUT2D eigenvalue weighted by Gasteiger charge is -2.07. The van der Waals surface area contributed by atoms with E-state index in [0.717, 1.165) is 24.5 Å². The van der Waals surface area contributed by atoms with Gasteiger partial charge in [-0.2, -0.15) is 5.26 Å². The van der Waals surface area contributed by atoms with Gasteiger partial charge in [0.25, 0.3) is 0 Å². The zero-order valence-corrected chi connectivity index (χ0v) is 10.9. The number of aromatic nitrogens is 1. The standard InChI is InChI=1S/C13H19N3O2/c1-11-8-12(10-14)9-13(16-11)15-4-3-5-18-7-6-17-2/h8-9H,3-7H2,1-2H3,(H,15,16). The summed E-state index contributed by atoms with van der Waals surface area (Å²) in [6.45, 7) is 4.58. The topological polar surface area (TPSA) is 67.2 Å². The summed E-state index contributed by atoms with van der Waals surface area (Å²) >= 11 is 0. The summed E-state index contributed by atoms with van der Waals surface area (Å²) in [5, 5.41) is 12.0. The Morgan fingerprint density at radius 1 is 1.33 bits per heavy atom. The number of aryl methyl sites for hydroxylation is 1. The minimum Gasteiger partial charge on any atom is -0.382 e. The van der Waals surface area contributed by atoms with Crippen molar-refractivity contribution in [1.29, 1.82) is 5.26 Å². The van der Waals surface area contributed by atoms with Crippen LogP contribution in [0.4, 0.5) is 5.82 Å². The molecule has 1 aromatic heterocycles. The number of nitriles is 1. The van der Waals surface area contributed by atoms with E-state index >= 15 is 0 Å². The molecule has 0 aliphatic carbocycles. The highest BCUT2D eigenvalue weighted by molar-refractivity contribution is 5.44. The van der Waals surface area contributed by atoms with Crippen LogP contribution in [0.25, 0.3) is 0 Å². The van der Waals surface area contributed by atoms with Crippen molar-refractivity contribution in [3.8, 4) is 6.07 Å². The summed E-state index contributed by atoms with van der Waals surface area (Å²) in [5.74, 6) is 0.739. The molecule has 0 aromatic carbocycles. The molecule has 98 valence electrons. The minimum absolute atomic E-state index is 0.623. The molecule has 0 radical (unpaired) electrons. The average Bonchev–Trinajstić information content (AvgIpc) is 2.37. The van der Waals surface area contributed by atoms with Crippen molar-refractivity contribution >= 4 is 5.82 Å². The number of nitrogens with zero attached hydrogens (tertiary/aromatic N) is 2. The van der Waals surface area contributed by atoms with E-state index in [2.05, 4.69) is 16.4 Å². The zero-order valence-electron chi connectivity index (χ0n) is 10.9. The number of pyridine rings is 1. The minimum atomic E-state index is 0.623. The Balaban J connectivity index is 2.23. The Morgan fingerprint density at radius 3 is 2.89 bits per heavy atom. The third-order valence-corrected chi connectivity index (χ3v) is 2.29. The molecule has 0 spiro atoms. The molecule has 0 bridgehead atoms. The summed E-state index contributed by atoms with van der Waals surface area (Å²) in [6.07, 6.45) is 0.890. The van der Waals surface area contributed by atoms with E-state index < -0.39 is 0 Å². The van der Waals surface area contributed by atoms with Crippen molar-refractivity contribution < 1.29 is 9.47 Å². The van der Waals surface area contributed by atoms with Gasteiger partial charge in [0.05, 0.1) is 24.8 Å². The monoisotopic (exact) mass is 249 g/mol. The first-order chi connectivity index (χ1) is 8.76. The van der Waals surface area contributed by atoms with Crippen LogP contribution in [0.3, 0.4) is 0 Å². The molecule has 1 heterocycles. The van der Waals surface area contributed by atoms with Gasteiger partial charge in [0, 0.05) is 26.0 Å². The molecule has 0 fully saturated rings. The molecule has 0 saturated carbocycles. The second-order valence-electron chi connectivity index (χ2n) is 3.88. The van der Waals surface area contributed by atoms with E-state index in [1.54, 1.807) is 19.2 Å². The summed E-state index contributed by atoms with van der Waals surface area (Å²) in [7, 11) is 1.65. The van der Waals surface area contributed by atoms with Crippen LogP contribution >= 0.6 is 0 Å². The molecule has 0 aliphatic heterocycles. The maximum atomic E-state index is 8.84. The number of ether oxygens (including phenoxy) is 2. The van der Waals surface area contributed by atoms with Crippen LogP contribution in [0.1, 0.15) is 17.7 Å². The Labute approximate surface area is 108 Å². The van der Waals surface area contributed by atoms with Gasteiger partial charge in [-0.1, -0.05) is 0 Å². The molecule has 1 rings (SSSR count). The summed E-state index contributed by atoms with van der Waals surface area (Å²) in [6, 6.07) is 5.63. The molecule has 18 heavy (non-hydrogen) atoms. The van der Waals surface area contributed by atoms with Crippen molar-refractivity contribution in [2.45, 2.75) is 13.3 Å². The summed E-state index contributed by atoms with van der Waals surface area (Å²) in [4.78, 5) is 4.31. The largest absolute Gasteiger partial charge is 0.382 e. The van der Waals surface area contributed by atoms with Gasteiger partial charge in [-0.25, -0.2) is 4.98 Å². The van der Waals surface area contributed by atoms with Crippen LogP contribution in [0, 0.1) is 18.3 Å². The van der Waals surface area contributed by atoms with Crippen LogP contribution in [0.2, 0.25) is 0 Å². The van der Waals surface area contributed by atoms with Crippen LogP contribution < -0.4 is 5.32 Å². The van der Waals surface area contributed by atoms with Gasteiger partial charge in [-0.15, -0.1) is 0 Å². The molecule has 0 saturated heterocycles. The number of nitrogens with one attached hydrogen (secondary N) is 1. The Bertz CT molecular complexity index is 402. The average molecular weight is 249 g/mol. The van der Waals surface area contributed by atoms with Gasteiger partial charge < -0.3 is 14.8 Å². The van der Waals surface area contributed by atoms with Gasteiger partial charge in [0.1, 0.15) is 5.82 Å². The predicted octanol–water partition coefficient (Wildman–Crippen LogP) is 1.73. The van der Waals surface area contributed by atoms with Crippen molar-refractivity contribution in [3.63, 3.8) is 0 Å². The Kier molecular flexibility index (Phi) is 6.77. The second kappa shape index (κ2) is 8.45. The van der Waals surface area contributed by atoms with E-state index in [-0.39, 0.29) is 0 Å².